The molecule has 14 heavy (non-hydrogen) atoms. The van der Waals surface area contributed by atoms with E-state index in [9.17, 15) is 0 Å². The minimum Gasteiger partial charge on any atom is -0.192 e. The van der Waals surface area contributed by atoms with Crippen LogP contribution in [-0.2, 0) is 0 Å². The number of benzene rings is 1. The molecule has 68 valence electrons. The molecule has 0 saturated heterocycles. The van der Waals surface area contributed by atoms with Crippen LogP contribution in [0.2, 0.25) is 0 Å². The molecule has 0 saturated carbocycles. The van der Waals surface area contributed by atoms with Crippen LogP contribution < -0.4 is 0 Å². The maximum Gasteiger partial charge on any atom is 0.133 e. The quantitative estimate of drug-likeness (QED) is 0.590. The summed E-state index contributed by atoms with van der Waals surface area (Å²) < 4.78 is 1.13. The summed E-state index contributed by atoms with van der Waals surface area (Å²) in [6.07, 6.45) is 0. The average molecular weight is 294 g/mol. The first-order chi connectivity index (χ1) is 6.69. The number of allylic oxidation sites excluding steroid dienone is 2. The van der Waals surface area contributed by atoms with E-state index in [1.165, 1.54) is 0 Å². The molecule has 0 aliphatic heterocycles. The second-order valence-corrected chi connectivity index (χ2v) is 3.98. The number of nitriles is 2. The third-order valence-electron chi connectivity index (χ3n) is 1.88. The van der Waals surface area contributed by atoms with Crippen molar-refractivity contribution in [1.82, 2.24) is 0 Å². The summed E-state index contributed by atoms with van der Waals surface area (Å²) in [7, 11) is 0. The van der Waals surface area contributed by atoms with Gasteiger partial charge in [-0.15, -0.1) is 0 Å². The summed E-state index contributed by atoms with van der Waals surface area (Å²) in [5.74, 6) is 0. The van der Waals surface area contributed by atoms with Gasteiger partial charge in [-0.25, -0.2) is 0 Å². The smallest absolute Gasteiger partial charge is 0.133 e. The Morgan fingerprint density at radius 3 is 2.07 bits per heavy atom. The second kappa shape index (κ2) is 4.78. The van der Waals surface area contributed by atoms with Crippen LogP contribution in [0.3, 0.4) is 0 Å². The van der Waals surface area contributed by atoms with E-state index < -0.39 is 0 Å². The van der Waals surface area contributed by atoms with Crippen molar-refractivity contribution in [3.63, 3.8) is 0 Å². The van der Waals surface area contributed by atoms with E-state index in [1.54, 1.807) is 6.92 Å². The maximum atomic E-state index is 8.68. The van der Waals surface area contributed by atoms with Crippen molar-refractivity contribution >= 4 is 28.2 Å². The van der Waals surface area contributed by atoms with E-state index in [0.717, 1.165) is 14.7 Å². The Labute approximate surface area is 96.6 Å². The summed E-state index contributed by atoms with van der Waals surface area (Å²) in [5, 5.41) is 17.4. The van der Waals surface area contributed by atoms with Crippen LogP contribution in [0, 0.1) is 26.2 Å². The van der Waals surface area contributed by atoms with Crippen molar-refractivity contribution in [3.05, 3.63) is 39.0 Å². The molecule has 0 atom stereocenters. The van der Waals surface area contributed by atoms with Gasteiger partial charge in [-0.1, -0.05) is 12.1 Å². The molecule has 0 heterocycles. The zero-order chi connectivity index (χ0) is 10.6. The molecule has 0 bridgehead atoms. The van der Waals surface area contributed by atoms with Gasteiger partial charge in [-0.05, 0) is 52.8 Å². The van der Waals surface area contributed by atoms with E-state index in [1.807, 2.05) is 36.4 Å². The van der Waals surface area contributed by atoms with Crippen molar-refractivity contribution in [3.8, 4) is 12.1 Å². The lowest BCUT2D eigenvalue weighted by molar-refractivity contribution is 1.44. The van der Waals surface area contributed by atoms with Crippen LogP contribution in [-0.4, -0.2) is 0 Å². The van der Waals surface area contributed by atoms with Gasteiger partial charge in [0.25, 0.3) is 0 Å². The first kappa shape index (κ1) is 10.7. The van der Waals surface area contributed by atoms with E-state index in [4.69, 9.17) is 10.5 Å². The van der Waals surface area contributed by atoms with Crippen molar-refractivity contribution in [1.29, 1.82) is 10.5 Å². The fraction of sp³-hybridized carbons (Fsp3) is 0.0909. The molecule has 1 aromatic carbocycles. The normalized spacial score (nSPS) is 8.57. The van der Waals surface area contributed by atoms with Gasteiger partial charge in [0.2, 0.25) is 0 Å². The standard InChI is InChI=1S/C11H7IN2/c1-8(10(6-13)7-14)9-2-4-11(12)5-3-9/h2-5H,1H3. The molecule has 0 fully saturated rings. The minimum absolute atomic E-state index is 0.172. The third kappa shape index (κ3) is 2.34. The lowest BCUT2D eigenvalue weighted by Crippen LogP contribution is -1.84. The highest BCUT2D eigenvalue weighted by atomic mass is 127. The van der Waals surface area contributed by atoms with Crippen molar-refractivity contribution < 1.29 is 0 Å². The van der Waals surface area contributed by atoms with Gasteiger partial charge >= 0.3 is 0 Å². The lowest BCUT2D eigenvalue weighted by Gasteiger charge is -2.00. The molecule has 2 nitrogen and oxygen atoms in total. The zero-order valence-electron chi connectivity index (χ0n) is 7.58. The summed E-state index contributed by atoms with van der Waals surface area (Å²) in [6, 6.07) is 11.5. The number of hydrogen-bond donors (Lipinski definition) is 0. The summed E-state index contributed by atoms with van der Waals surface area (Å²) in [5.41, 5.74) is 1.82. The van der Waals surface area contributed by atoms with Crippen LogP contribution in [0.1, 0.15) is 12.5 Å². The third-order valence-corrected chi connectivity index (χ3v) is 2.60. The average Bonchev–Trinajstić information content (AvgIpc) is 2.20. The van der Waals surface area contributed by atoms with Crippen LogP contribution >= 0.6 is 22.6 Å². The second-order valence-electron chi connectivity index (χ2n) is 2.73. The molecule has 1 rings (SSSR count). The summed E-state index contributed by atoms with van der Waals surface area (Å²) in [6.45, 7) is 1.78. The molecule has 0 unspecified atom stereocenters. The molecule has 0 aliphatic carbocycles. The van der Waals surface area contributed by atoms with Gasteiger partial charge in [0.15, 0.2) is 0 Å². The first-order valence-electron chi connectivity index (χ1n) is 3.96. The van der Waals surface area contributed by atoms with Crippen molar-refractivity contribution in [2.75, 3.05) is 0 Å². The molecule has 0 N–H and O–H groups in total. The Kier molecular flexibility index (Phi) is 3.67. The molecule has 0 spiro atoms. The van der Waals surface area contributed by atoms with Crippen molar-refractivity contribution in [2.24, 2.45) is 0 Å². The van der Waals surface area contributed by atoms with E-state index in [0.29, 0.717) is 0 Å². The van der Waals surface area contributed by atoms with Crippen LogP contribution in [0.4, 0.5) is 0 Å². The SMILES string of the molecule is CC(=C(C#N)C#N)c1ccc(I)cc1. The molecule has 0 amide bonds. The van der Waals surface area contributed by atoms with Gasteiger partial charge in [0.1, 0.15) is 17.7 Å². The fourth-order valence-electron chi connectivity index (χ4n) is 1.04. The Bertz CT molecular complexity index is 428. The Hall–Kier alpha value is -1.33. The zero-order valence-corrected chi connectivity index (χ0v) is 9.74. The predicted octanol–water partition coefficient (Wildman–Crippen LogP) is 3.11. The Morgan fingerprint density at radius 2 is 1.64 bits per heavy atom. The van der Waals surface area contributed by atoms with Gasteiger partial charge in [0.05, 0.1) is 0 Å². The highest BCUT2D eigenvalue weighted by Gasteiger charge is 2.02. The lowest BCUT2D eigenvalue weighted by atomic mass is 10.0. The predicted molar refractivity (Wildman–Crippen MR) is 63.0 cm³/mol. The molecule has 1 aromatic rings. The molecule has 0 radical (unpaired) electrons. The monoisotopic (exact) mass is 294 g/mol. The minimum atomic E-state index is 0.172. The highest BCUT2D eigenvalue weighted by Crippen LogP contribution is 2.18. The van der Waals surface area contributed by atoms with Gasteiger partial charge < -0.3 is 0 Å². The maximum absolute atomic E-state index is 8.68. The van der Waals surface area contributed by atoms with E-state index >= 15 is 0 Å². The Balaban J connectivity index is 3.21. The van der Waals surface area contributed by atoms with Gasteiger partial charge in [-0.2, -0.15) is 10.5 Å². The molecular weight excluding hydrogens is 287 g/mol. The number of rotatable bonds is 1. The number of halogens is 1. The van der Waals surface area contributed by atoms with Gasteiger partial charge in [0, 0.05) is 3.57 Å². The first-order valence-corrected chi connectivity index (χ1v) is 5.04. The molecule has 0 aliphatic rings. The van der Waals surface area contributed by atoms with E-state index in [-0.39, 0.29) is 5.57 Å². The molecular formula is C11H7IN2. The van der Waals surface area contributed by atoms with Crippen LogP contribution in [0.5, 0.6) is 0 Å². The van der Waals surface area contributed by atoms with Gasteiger partial charge in [-0.3, -0.25) is 0 Å². The fourth-order valence-corrected chi connectivity index (χ4v) is 1.40. The topological polar surface area (TPSA) is 47.6 Å². The van der Waals surface area contributed by atoms with Crippen LogP contribution in [0.25, 0.3) is 5.57 Å². The molecule has 0 aromatic heterocycles. The number of hydrogen-bond acceptors (Lipinski definition) is 2. The summed E-state index contributed by atoms with van der Waals surface area (Å²) in [4.78, 5) is 0. The van der Waals surface area contributed by atoms with Crippen LogP contribution in [0.15, 0.2) is 29.8 Å². The largest absolute Gasteiger partial charge is 0.192 e. The van der Waals surface area contributed by atoms with Crippen molar-refractivity contribution in [2.45, 2.75) is 6.92 Å². The number of nitrogens with zero attached hydrogens (tertiary/aromatic N) is 2. The van der Waals surface area contributed by atoms with E-state index in [2.05, 4.69) is 22.6 Å². The highest BCUT2D eigenvalue weighted by molar-refractivity contribution is 14.1. The molecule has 3 heteroatoms. The Morgan fingerprint density at radius 1 is 1.14 bits per heavy atom. The summed E-state index contributed by atoms with van der Waals surface area (Å²) >= 11 is 2.21.